The minimum Gasteiger partial charge on any atom is -0.325 e. The number of fused-ring (bicyclic) bond motifs is 1. The highest BCUT2D eigenvalue weighted by molar-refractivity contribution is 6.35. The van der Waals surface area contributed by atoms with E-state index in [9.17, 15) is 0 Å². The van der Waals surface area contributed by atoms with Crippen LogP contribution in [0.15, 0.2) is 18.2 Å². The highest BCUT2D eigenvalue weighted by atomic mass is 35.5. The van der Waals surface area contributed by atoms with Crippen molar-refractivity contribution in [2.75, 3.05) is 0 Å². The van der Waals surface area contributed by atoms with Crippen LogP contribution in [0, 0.1) is 5.41 Å². The van der Waals surface area contributed by atoms with Gasteiger partial charge in [-0.2, -0.15) is 0 Å². The molecule has 1 atom stereocenters. The van der Waals surface area contributed by atoms with Crippen LogP contribution in [-0.4, -0.2) is 9.55 Å². The van der Waals surface area contributed by atoms with Crippen LogP contribution in [0.5, 0.6) is 0 Å². The maximum Gasteiger partial charge on any atom is 0.127 e. The van der Waals surface area contributed by atoms with E-state index in [0.717, 1.165) is 28.4 Å². The van der Waals surface area contributed by atoms with Gasteiger partial charge >= 0.3 is 0 Å². The second-order valence-electron chi connectivity index (χ2n) is 5.94. The fourth-order valence-corrected chi connectivity index (χ4v) is 3.38. The second-order valence-corrected chi connectivity index (χ2v) is 7.01. The first-order valence-electron chi connectivity index (χ1n) is 6.79. The van der Waals surface area contributed by atoms with Crippen LogP contribution in [0.1, 0.15) is 44.3 Å². The van der Waals surface area contributed by atoms with Gasteiger partial charge in [0, 0.05) is 6.54 Å². The molecule has 2 aromatic rings. The van der Waals surface area contributed by atoms with Gasteiger partial charge in [-0.3, -0.25) is 0 Å². The van der Waals surface area contributed by atoms with Crippen LogP contribution in [0.2, 0.25) is 5.02 Å². The van der Waals surface area contributed by atoms with E-state index in [4.69, 9.17) is 23.2 Å². The lowest BCUT2D eigenvalue weighted by atomic mass is 9.70. The Balaban J connectivity index is 2.15. The zero-order valence-corrected chi connectivity index (χ0v) is 12.8. The molecule has 1 heterocycles. The minimum absolute atomic E-state index is 0.104. The Hall–Kier alpha value is -0.730. The Labute approximate surface area is 123 Å². The van der Waals surface area contributed by atoms with Crippen molar-refractivity contribution in [1.29, 1.82) is 0 Å². The van der Waals surface area contributed by atoms with E-state index in [1.54, 1.807) is 0 Å². The van der Waals surface area contributed by atoms with E-state index in [0.29, 0.717) is 5.41 Å². The molecule has 0 aliphatic heterocycles. The maximum absolute atomic E-state index is 6.37. The SMILES string of the molecule is CC(Cl)c1nc2cccc(Cl)c2n1CC1(C)CCC1. The quantitative estimate of drug-likeness (QED) is 0.714. The molecule has 0 bridgehead atoms. The van der Waals surface area contributed by atoms with E-state index in [-0.39, 0.29) is 5.38 Å². The molecule has 102 valence electrons. The van der Waals surface area contributed by atoms with Gasteiger partial charge in [0.15, 0.2) is 0 Å². The number of hydrogen-bond acceptors (Lipinski definition) is 1. The summed E-state index contributed by atoms with van der Waals surface area (Å²) in [5, 5.41) is 0.656. The summed E-state index contributed by atoms with van der Waals surface area (Å²) in [6.45, 7) is 5.26. The molecule has 1 saturated carbocycles. The van der Waals surface area contributed by atoms with Gasteiger partial charge in [0.1, 0.15) is 5.82 Å². The van der Waals surface area contributed by atoms with Gasteiger partial charge in [-0.05, 0) is 37.3 Å². The fraction of sp³-hybridized carbons (Fsp3) is 0.533. The van der Waals surface area contributed by atoms with Gasteiger partial charge in [-0.25, -0.2) is 4.98 Å². The molecular weight excluding hydrogens is 279 g/mol. The van der Waals surface area contributed by atoms with Crippen molar-refractivity contribution < 1.29 is 0 Å². The number of hydrogen-bond donors (Lipinski definition) is 0. The highest BCUT2D eigenvalue weighted by Crippen LogP contribution is 2.43. The molecule has 19 heavy (non-hydrogen) atoms. The third-order valence-corrected chi connectivity index (χ3v) is 4.70. The molecule has 0 N–H and O–H groups in total. The molecular formula is C15H18Cl2N2. The first kappa shape index (κ1) is 13.3. The van der Waals surface area contributed by atoms with Crippen molar-refractivity contribution in [1.82, 2.24) is 9.55 Å². The molecule has 3 rings (SSSR count). The molecule has 1 aliphatic carbocycles. The van der Waals surface area contributed by atoms with Crippen LogP contribution in [0.25, 0.3) is 11.0 Å². The lowest BCUT2D eigenvalue weighted by Gasteiger charge is -2.39. The number of para-hydroxylation sites is 1. The van der Waals surface area contributed by atoms with Crippen molar-refractivity contribution in [3.05, 3.63) is 29.0 Å². The van der Waals surface area contributed by atoms with Crippen molar-refractivity contribution in [3.8, 4) is 0 Å². The zero-order chi connectivity index (χ0) is 13.6. The molecule has 0 saturated heterocycles. The molecule has 1 unspecified atom stereocenters. The largest absolute Gasteiger partial charge is 0.325 e. The van der Waals surface area contributed by atoms with Crippen molar-refractivity contribution in [2.45, 2.75) is 45.0 Å². The number of nitrogens with zero attached hydrogens (tertiary/aromatic N) is 2. The van der Waals surface area contributed by atoms with Gasteiger partial charge in [-0.15, -0.1) is 11.6 Å². The normalized spacial score (nSPS) is 19.4. The third kappa shape index (κ3) is 2.25. The van der Waals surface area contributed by atoms with Gasteiger partial charge < -0.3 is 4.57 Å². The Bertz CT molecular complexity index is 612. The molecule has 2 nitrogen and oxygen atoms in total. The predicted molar refractivity (Wildman–Crippen MR) is 81.0 cm³/mol. The van der Waals surface area contributed by atoms with E-state index < -0.39 is 0 Å². The summed E-state index contributed by atoms with van der Waals surface area (Å²) in [6, 6.07) is 5.87. The Morgan fingerprint density at radius 1 is 1.42 bits per heavy atom. The number of halogens is 2. The summed E-state index contributed by atoms with van der Waals surface area (Å²) in [7, 11) is 0. The predicted octanol–water partition coefficient (Wildman–Crippen LogP) is 5.18. The van der Waals surface area contributed by atoms with Gasteiger partial charge in [-0.1, -0.05) is 31.0 Å². The Kier molecular flexibility index (Phi) is 3.26. The van der Waals surface area contributed by atoms with Crippen LogP contribution >= 0.6 is 23.2 Å². The Morgan fingerprint density at radius 2 is 2.16 bits per heavy atom. The van der Waals surface area contributed by atoms with Crippen molar-refractivity contribution >= 4 is 34.2 Å². The number of benzene rings is 1. The van der Waals surface area contributed by atoms with Crippen molar-refractivity contribution in [2.24, 2.45) is 5.41 Å². The number of imidazole rings is 1. The average molecular weight is 297 g/mol. The van der Waals surface area contributed by atoms with E-state index >= 15 is 0 Å². The third-order valence-electron chi connectivity index (χ3n) is 4.20. The van der Waals surface area contributed by atoms with Gasteiger partial charge in [0.2, 0.25) is 0 Å². The minimum atomic E-state index is -0.104. The standard InChI is InChI=1S/C15H18Cl2N2/c1-10(16)14-18-12-6-3-5-11(17)13(12)19(14)9-15(2)7-4-8-15/h3,5-6,10H,4,7-9H2,1-2H3. The highest BCUT2D eigenvalue weighted by Gasteiger charge is 2.33. The maximum atomic E-state index is 6.37. The summed E-state index contributed by atoms with van der Waals surface area (Å²) in [6.07, 6.45) is 3.86. The molecule has 4 heteroatoms. The summed E-state index contributed by atoms with van der Waals surface area (Å²) in [5.41, 5.74) is 2.34. The molecule has 1 aromatic heterocycles. The van der Waals surface area contributed by atoms with Crippen LogP contribution in [-0.2, 0) is 6.54 Å². The number of aromatic nitrogens is 2. The number of alkyl halides is 1. The van der Waals surface area contributed by atoms with Crippen LogP contribution < -0.4 is 0 Å². The zero-order valence-electron chi connectivity index (χ0n) is 11.3. The molecule has 1 fully saturated rings. The van der Waals surface area contributed by atoms with Crippen LogP contribution in [0.3, 0.4) is 0 Å². The smallest absolute Gasteiger partial charge is 0.127 e. The second kappa shape index (κ2) is 4.68. The first-order chi connectivity index (χ1) is 9.00. The van der Waals surface area contributed by atoms with E-state index in [1.807, 2.05) is 25.1 Å². The molecule has 1 aliphatic rings. The van der Waals surface area contributed by atoms with Crippen molar-refractivity contribution in [3.63, 3.8) is 0 Å². The van der Waals surface area contributed by atoms with E-state index in [1.165, 1.54) is 19.3 Å². The van der Waals surface area contributed by atoms with E-state index in [2.05, 4.69) is 16.5 Å². The Morgan fingerprint density at radius 3 is 2.74 bits per heavy atom. The average Bonchev–Trinajstić information content (AvgIpc) is 2.67. The fourth-order valence-electron chi connectivity index (χ4n) is 2.94. The van der Waals surface area contributed by atoms with Gasteiger partial charge in [0.25, 0.3) is 0 Å². The summed E-state index contributed by atoms with van der Waals surface area (Å²) in [5.74, 6) is 0.929. The molecule has 0 amide bonds. The summed E-state index contributed by atoms with van der Waals surface area (Å²) >= 11 is 12.7. The number of rotatable bonds is 3. The summed E-state index contributed by atoms with van der Waals surface area (Å²) < 4.78 is 2.23. The molecule has 0 spiro atoms. The summed E-state index contributed by atoms with van der Waals surface area (Å²) in [4.78, 5) is 4.66. The lowest BCUT2D eigenvalue weighted by molar-refractivity contribution is 0.132. The molecule has 1 aromatic carbocycles. The molecule has 0 radical (unpaired) electrons. The van der Waals surface area contributed by atoms with Gasteiger partial charge in [0.05, 0.1) is 21.4 Å². The van der Waals surface area contributed by atoms with Crippen LogP contribution in [0.4, 0.5) is 0 Å². The first-order valence-corrected chi connectivity index (χ1v) is 7.60. The topological polar surface area (TPSA) is 17.8 Å². The monoisotopic (exact) mass is 296 g/mol. The lowest BCUT2D eigenvalue weighted by Crippen LogP contribution is -2.31.